The molecular weight excluding hydrogens is 355 g/mol. The Labute approximate surface area is 152 Å². The molecule has 1 aromatic heterocycles. The molecule has 0 bridgehead atoms. The number of hydrogen-bond donors (Lipinski definition) is 1. The van der Waals surface area contributed by atoms with Crippen molar-refractivity contribution >= 4 is 27.3 Å². The van der Waals surface area contributed by atoms with Gasteiger partial charge < -0.3 is 9.88 Å². The van der Waals surface area contributed by atoms with E-state index in [0.29, 0.717) is 28.6 Å². The van der Waals surface area contributed by atoms with E-state index in [1.54, 1.807) is 12.1 Å². The van der Waals surface area contributed by atoms with Crippen molar-refractivity contribution in [1.29, 1.82) is 0 Å². The van der Waals surface area contributed by atoms with Gasteiger partial charge >= 0.3 is 5.69 Å². The summed E-state index contributed by atoms with van der Waals surface area (Å²) < 4.78 is 19.3. The predicted molar refractivity (Wildman–Crippen MR) is 105 cm³/mol. The van der Waals surface area contributed by atoms with Gasteiger partial charge in [0.25, 0.3) is 5.56 Å². The van der Waals surface area contributed by atoms with Crippen LogP contribution < -0.4 is 11.2 Å². The Morgan fingerprint density at radius 2 is 2.04 bits per heavy atom. The highest BCUT2D eigenvalue weighted by Crippen LogP contribution is 2.31. The Kier molecular flexibility index (Phi) is 4.95. The number of hydrogen-bond acceptors (Lipinski definition) is 4. The van der Waals surface area contributed by atoms with Crippen LogP contribution in [0.15, 0.2) is 44.4 Å². The number of aromatic amines is 1. The number of likely N-dealkylation sites (N-methyl/N-ethyl adjacent to an activating group) is 1. The molecule has 6 nitrogen and oxygen atoms in total. The van der Waals surface area contributed by atoms with Crippen molar-refractivity contribution in [2.75, 3.05) is 26.1 Å². The zero-order chi connectivity index (χ0) is 19.0. The first-order valence-corrected chi connectivity index (χ1v) is 10.1. The van der Waals surface area contributed by atoms with Crippen molar-refractivity contribution in [3.05, 3.63) is 62.3 Å². The van der Waals surface area contributed by atoms with Crippen molar-refractivity contribution < 1.29 is 4.39 Å². The predicted octanol–water partition coefficient (Wildman–Crippen LogP) is 2.39. The molecule has 1 aromatic carbocycles. The lowest BCUT2D eigenvalue weighted by atomic mass is 9.97. The second-order valence-corrected chi connectivity index (χ2v) is 8.07. The summed E-state index contributed by atoms with van der Waals surface area (Å²) in [6.45, 7) is 2.14. The largest absolute Gasteiger partial charge is 0.370 e. The fraction of sp³-hybridized carbons (Fsp3) is 0.333. The van der Waals surface area contributed by atoms with Gasteiger partial charge in [-0.1, -0.05) is 22.8 Å². The molecule has 26 heavy (non-hydrogen) atoms. The van der Waals surface area contributed by atoms with Gasteiger partial charge in [-0.2, -0.15) is 0 Å². The Hall–Kier alpha value is -2.48. The van der Waals surface area contributed by atoms with Crippen LogP contribution in [0.4, 0.5) is 4.39 Å². The van der Waals surface area contributed by atoms with Crippen LogP contribution in [0.5, 0.6) is 0 Å². The van der Waals surface area contributed by atoms with Gasteiger partial charge in [0.15, 0.2) is 0 Å². The average molecular weight is 376 g/mol. The lowest BCUT2D eigenvalue weighted by Gasteiger charge is -2.26. The van der Waals surface area contributed by atoms with Crippen LogP contribution in [-0.2, 0) is 10.7 Å². The zero-order valence-corrected chi connectivity index (χ0v) is 15.9. The van der Waals surface area contributed by atoms with E-state index < -0.39 is 28.1 Å². The third kappa shape index (κ3) is 3.29. The number of nitrogens with one attached hydrogen (secondary N) is 1. The van der Waals surface area contributed by atoms with E-state index in [1.807, 2.05) is 42.7 Å². The van der Waals surface area contributed by atoms with E-state index in [1.165, 1.54) is 6.92 Å². The Balaban J connectivity index is 2.38. The highest BCUT2D eigenvalue weighted by atomic mass is 32.2. The minimum absolute atomic E-state index is 0.307. The molecule has 0 amide bonds. The molecule has 1 unspecified atom stereocenters. The maximum atomic E-state index is 14.3. The molecule has 3 rings (SSSR count). The lowest BCUT2D eigenvalue weighted by Crippen LogP contribution is -2.32. The number of rotatable bonds is 3. The third-order valence-electron chi connectivity index (χ3n) is 4.18. The first-order valence-electron chi connectivity index (χ1n) is 8.14. The number of fused-ring (bicyclic) bond motifs is 1. The molecule has 0 saturated heterocycles. The quantitative estimate of drug-likeness (QED) is 0.894. The number of H-pyrrole nitrogens is 1. The van der Waals surface area contributed by atoms with Gasteiger partial charge in [0.05, 0.1) is 10.9 Å². The Morgan fingerprint density at radius 3 is 2.65 bits per heavy atom. The highest BCUT2D eigenvalue weighted by molar-refractivity contribution is 7.85. The zero-order valence-electron chi connectivity index (χ0n) is 15.1. The molecule has 2 heterocycles. The van der Waals surface area contributed by atoms with Gasteiger partial charge in [-0.15, -0.1) is 9.15 Å². The van der Waals surface area contributed by atoms with Gasteiger partial charge in [-0.25, -0.2) is 9.18 Å². The topological polar surface area (TPSA) is 70.5 Å². The summed E-state index contributed by atoms with van der Waals surface area (Å²) in [5, 5.41) is 0.307. The monoisotopic (exact) mass is 376 g/mol. The standard InChI is InChI=1S/C18H21FN4O2S/c1-11(19)12-10-15-14(9-13(12)16-7-5-6-8-22(16)2)17(24)23(18(25)20-15)21-26(3)4/h5-7,9-11H,8H2,1-4H3,(H,20,25). The molecule has 8 heteroatoms. The first-order chi connectivity index (χ1) is 12.3. The number of allylic oxidation sites excluding steroid dienone is 2. The van der Waals surface area contributed by atoms with Crippen LogP contribution in [0.2, 0.25) is 0 Å². The van der Waals surface area contributed by atoms with E-state index in [4.69, 9.17) is 0 Å². The van der Waals surface area contributed by atoms with Crippen LogP contribution in [0.3, 0.4) is 0 Å². The van der Waals surface area contributed by atoms with Crippen molar-refractivity contribution in [2.24, 2.45) is 4.47 Å². The van der Waals surface area contributed by atoms with Crippen molar-refractivity contribution in [1.82, 2.24) is 14.6 Å². The van der Waals surface area contributed by atoms with E-state index in [9.17, 15) is 14.0 Å². The fourth-order valence-electron chi connectivity index (χ4n) is 2.96. The minimum atomic E-state index is -1.25. The molecule has 0 aliphatic carbocycles. The summed E-state index contributed by atoms with van der Waals surface area (Å²) >= 11 is 0. The van der Waals surface area contributed by atoms with Crippen LogP contribution in [0, 0.1) is 0 Å². The summed E-state index contributed by atoms with van der Waals surface area (Å²) in [5.41, 5.74) is 1.10. The summed E-state index contributed by atoms with van der Waals surface area (Å²) in [6.07, 6.45) is 8.17. The number of aromatic nitrogens is 2. The van der Waals surface area contributed by atoms with E-state index >= 15 is 0 Å². The molecule has 0 fully saturated rings. The molecular formula is C18H21FN4O2S. The first kappa shape index (κ1) is 18.3. The summed E-state index contributed by atoms with van der Waals surface area (Å²) in [4.78, 5) is 29.6. The molecule has 1 atom stereocenters. The Bertz CT molecular complexity index is 1080. The van der Waals surface area contributed by atoms with Crippen molar-refractivity contribution in [2.45, 2.75) is 13.1 Å². The van der Waals surface area contributed by atoms with Gasteiger partial charge in [0.2, 0.25) is 0 Å². The molecule has 1 N–H and O–H groups in total. The number of halogens is 1. The second kappa shape index (κ2) is 7.03. The van der Waals surface area contributed by atoms with Gasteiger partial charge in [-0.3, -0.25) is 4.79 Å². The maximum absolute atomic E-state index is 14.3. The van der Waals surface area contributed by atoms with Gasteiger partial charge in [0, 0.05) is 24.9 Å². The van der Waals surface area contributed by atoms with E-state index in [0.717, 1.165) is 10.4 Å². The summed E-state index contributed by atoms with van der Waals surface area (Å²) in [7, 11) is 1.43. The normalized spacial score (nSPS) is 15.5. The summed E-state index contributed by atoms with van der Waals surface area (Å²) in [6, 6.07) is 3.20. The van der Waals surface area contributed by atoms with Gasteiger partial charge in [-0.05, 0) is 43.2 Å². The summed E-state index contributed by atoms with van der Waals surface area (Å²) in [5.74, 6) is 0. The molecule has 1 aliphatic heterocycles. The number of benzene rings is 1. The highest BCUT2D eigenvalue weighted by Gasteiger charge is 2.20. The maximum Gasteiger partial charge on any atom is 0.350 e. The smallest absolute Gasteiger partial charge is 0.350 e. The van der Waals surface area contributed by atoms with Crippen molar-refractivity contribution in [3.63, 3.8) is 0 Å². The van der Waals surface area contributed by atoms with Crippen LogP contribution in [-0.4, -0.2) is 40.7 Å². The molecule has 0 radical (unpaired) electrons. The molecule has 1 aliphatic rings. The molecule has 0 saturated carbocycles. The van der Waals surface area contributed by atoms with Crippen LogP contribution >= 0.6 is 0 Å². The lowest BCUT2D eigenvalue weighted by molar-refractivity contribution is 0.373. The molecule has 138 valence electrons. The second-order valence-electron chi connectivity index (χ2n) is 6.36. The SMILES string of the molecule is CC(F)c1cc2[nH]c(=O)n(N=S(C)C)c(=O)c2cc1C1=CC=CCN1C. The number of nitrogens with zero attached hydrogens (tertiary/aromatic N) is 3. The average Bonchev–Trinajstić information content (AvgIpc) is 2.58. The number of alkyl halides is 1. The molecule has 0 spiro atoms. The van der Waals surface area contributed by atoms with Crippen LogP contribution in [0.1, 0.15) is 24.2 Å². The third-order valence-corrected chi connectivity index (χ3v) is 4.67. The van der Waals surface area contributed by atoms with Gasteiger partial charge in [0.1, 0.15) is 6.17 Å². The van der Waals surface area contributed by atoms with Crippen molar-refractivity contribution in [3.8, 4) is 0 Å². The van der Waals surface area contributed by atoms with E-state index in [2.05, 4.69) is 9.46 Å². The van der Waals surface area contributed by atoms with E-state index in [-0.39, 0.29) is 0 Å². The Morgan fingerprint density at radius 1 is 1.31 bits per heavy atom. The minimum Gasteiger partial charge on any atom is -0.370 e. The van der Waals surface area contributed by atoms with Crippen LogP contribution in [0.25, 0.3) is 16.6 Å². The molecule has 2 aromatic rings. The fourth-order valence-corrected chi connectivity index (χ4v) is 3.43.